The highest BCUT2D eigenvalue weighted by Gasteiger charge is 2.39. The summed E-state index contributed by atoms with van der Waals surface area (Å²) in [5.74, 6) is -0.0730. The molecule has 2 saturated heterocycles. The van der Waals surface area contributed by atoms with Gasteiger partial charge in [-0.3, -0.25) is 4.79 Å². The molecule has 0 spiro atoms. The summed E-state index contributed by atoms with van der Waals surface area (Å²) in [6.07, 6.45) is 1.07. The normalized spacial score (nSPS) is 24.6. The first kappa shape index (κ1) is 15.3. The van der Waals surface area contributed by atoms with E-state index in [1.807, 2.05) is 35.2 Å². The average molecular weight is 327 g/mol. The minimum atomic E-state index is -0.0730. The predicted molar refractivity (Wildman–Crippen MR) is 88.5 cm³/mol. The third kappa shape index (κ3) is 2.70. The van der Waals surface area contributed by atoms with Crippen LogP contribution in [-0.4, -0.2) is 76.6 Å². The Morgan fingerprint density at radius 3 is 2.92 bits per heavy atom. The van der Waals surface area contributed by atoms with Gasteiger partial charge in [-0.25, -0.2) is 0 Å². The van der Waals surface area contributed by atoms with E-state index in [1.165, 1.54) is 0 Å². The lowest BCUT2D eigenvalue weighted by molar-refractivity contribution is -0.0871. The minimum absolute atomic E-state index is 0.0730. The molecule has 1 aromatic carbocycles. The van der Waals surface area contributed by atoms with Gasteiger partial charge in [-0.1, -0.05) is 30.3 Å². The summed E-state index contributed by atoms with van der Waals surface area (Å²) in [6.45, 7) is 3.00. The molecule has 1 N–H and O–H groups in total. The molecule has 3 heterocycles. The van der Waals surface area contributed by atoms with Gasteiger partial charge in [-0.05, 0) is 13.5 Å². The number of benzene rings is 1. The van der Waals surface area contributed by atoms with Gasteiger partial charge in [0.1, 0.15) is 5.69 Å². The SMILES string of the molecule is CN1CC[C@@H]2OCCN(C(=O)c3n[nH]nc3-c3ccccc3)[C@@H]2C1. The second-order valence-electron chi connectivity index (χ2n) is 6.41. The Morgan fingerprint density at radius 1 is 1.25 bits per heavy atom. The summed E-state index contributed by atoms with van der Waals surface area (Å²) in [5.41, 5.74) is 1.88. The van der Waals surface area contributed by atoms with Crippen molar-refractivity contribution in [3.05, 3.63) is 36.0 Å². The Hall–Kier alpha value is -2.25. The van der Waals surface area contributed by atoms with Crippen molar-refractivity contribution in [3.63, 3.8) is 0 Å². The molecule has 2 aliphatic heterocycles. The largest absolute Gasteiger partial charge is 0.374 e. The number of likely N-dealkylation sites (tertiary alicyclic amines) is 1. The number of nitrogens with zero attached hydrogens (tertiary/aromatic N) is 4. The highest BCUT2D eigenvalue weighted by atomic mass is 16.5. The van der Waals surface area contributed by atoms with Crippen LogP contribution in [0.1, 0.15) is 16.9 Å². The maximum Gasteiger partial charge on any atom is 0.277 e. The van der Waals surface area contributed by atoms with Gasteiger partial charge in [0.15, 0.2) is 5.69 Å². The number of amides is 1. The summed E-state index contributed by atoms with van der Waals surface area (Å²) in [6, 6.07) is 9.75. The molecule has 126 valence electrons. The van der Waals surface area contributed by atoms with Crippen LogP contribution in [0.25, 0.3) is 11.3 Å². The van der Waals surface area contributed by atoms with Gasteiger partial charge >= 0.3 is 0 Å². The molecule has 0 radical (unpaired) electrons. The highest BCUT2D eigenvalue weighted by Crippen LogP contribution is 2.26. The van der Waals surface area contributed by atoms with Crippen LogP contribution in [-0.2, 0) is 4.74 Å². The Morgan fingerprint density at radius 2 is 2.08 bits per heavy atom. The number of morpholine rings is 1. The molecule has 1 aromatic heterocycles. The Labute approximate surface area is 140 Å². The number of carbonyl (C=O) groups is 1. The monoisotopic (exact) mass is 327 g/mol. The molecule has 24 heavy (non-hydrogen) atoms. The number of aromatic nitrogens is 3. The molecule has 0 aliphatic carbocycles. The van der Waals surface area contributed by atoms with E-state index in [-0.39, 0.29) is 18.1 Å². The summed E-state index contributed by atoms with van der Waals surface area (Å²) < 4.78 is 5.88. The van der Waals surface area contributed by atoms with E-state index in [4.69, 9.17) is 4.74 Å². The van der Waals surface area contributed by atoms with Crippen molar-refractivity contribution in [3.8, 4) is 11.3 Å². The smallest absolute Gasteiger partial charge is 0.277 e. The van der Waals surface area contributed by atoms with Crippen molar-refractivity contribution in [2.45, 2.75) is 18.6 Å². The van der Waals surface area contributed by atoms with E-state index in [0.29, 0.717) is 24.5 Å². The van der Waals surface area contributed by atoms with Gasteiger partial charge in [0.2, 0.25) is 0 Å². The first-order valence-electron chi connectivity index (χ1n) is 8.31. The summed E-state index contributed by atoms with van der Waals surface area (Å²) in [5, 5.41) is 10.9. The first-order chi connectivity index (χ1) is 11.7. The van der Waals surface area contributed by atoms with Crippen LogP contribution in [0.4, 0.5) is 0 Å². The Bertz CT molecular complexity index is 717. The molecule has 0 saturated carbocycles. The number of rotatable bonds is 2. The number of ether oxygens (including phenoxy) is 1. The number of likely N-dealkylation sites (N-methyl/N-ethyl adjacent to an activating group) is 1. The van der Waals surface area contributed by atoms with E-state index < -0.39 is 0 Å². The summed E-state index contributed by atoms with van der Waals surface area (Å²) >= 11 is 0. The van der Waals surface area contributed by atoms with Crippen LogP contribution in [0.3, 0.4) is 0 Å². The number of H-pyrrole nitrogens is 1. The zero-order valence-electron chi connectivity index (χ0n) is 13.7. The molecule has 2 aromatic rings. The lowest BCUT2D eigenvalue weighted by Crippen LogP contribution is -2.60. The summed E-state index contributed by atoms with van der Waals surface area (Å²) in [4.78, 5) is 17.3. The zero-order valence-corrected chi connectivity index (χ0v) is 13.7. The lowest BCUT2D eigenvalue weighted by atomic mass is 9.98. The molecule has 4 rings (SSSR count). The zero-order chi connectivity index (χ0) is 16.5. The van der Waals surface area contributed by atoms with Crippen LogP contribution in [0.2, 0.25) is 0 Å². The molecule has 7 heteroatoms. The molecular formula is C17H21N5O2. The molecule has 1 amide bonds. The standard InChI is InChI=1S/C17H21N5O2/c1-21-8-7-14-13(11-21)22(9-10-24-14)17(23)16-15(18-20-19-16)12-5-3-2-4-6-12/h2-6,13-14H,7-11H2,1H3,(H,18,19,20)/t13-,14+/m1/s1. The lowest BCUT2D eigenvalue weighted by Gasteiger charge is -2.46. The number of nitrogens with one attached hydrogen (secondary N) is 1. The van der Waals surface area contributed by atoms with E-state index in [1.54, 1.807) is 0 Å². The third-order valence-electron chi connectivity index (χ3n) is 4.85. The van der Waals surface area contributed by atoms with Gasteiger partial charge < -0.3 is 14.5 Å². The molecule has 0 unspecified atom stereocenters. The Balaban J connectivity index is 1.63. The number of piperidine rings is 1. The maximum absolute atomic E-state index is 13.1. The van der Waals surface area contributed by atoms with E-state index in [2.05, 4.69) is 27.4 Å². The first-order valence-corrected chi connectivity index (χ1v) is 8.31. The summed E-state index contributed by atoms with van der Waals surface area (Å²) in [7, 11) is 2.08. The van der Waals surface area contributed by atoms with Gasteiger partial charge in [-0.2, -0.15) is 15.4 Å². The van der Waals surface area contributed by atoms with Crippen LogP contribution in [0, 0.1) is 0 Å². The average Bonchev–Trinajstić information content (AvgIpc) is 3.11. The predicted octanol–water partition coefficient (Wildman–Crippen LogP) is 1.02. The minimum Gasteiger partial charge on any atom is -0.374 e. The van der Waals surface area contributed by atoms with E-state index in [9.17, 15) is 4.79 Å². The molecule has 2 aliphatic rings. The fraction of sp³-hybridized carbons (Fsp3) is 0.471. The van der Waals surface area contributed by atoms with Crippen LogP contribution in [0.15, 0.2) is 30.3 Å². The van der Waals surface area contributed by atoms with Gasteiger partial charge in [0, 0.05) is 25.2 Å². The van der Waals surface area contributed by atoms with Crippen molar-refractivity contribution < 1.29 is 9.53 Å². The topological polar surface area (TPSA) is 74.3 Å². The fourth-order valence-corrected chi connectivity index (χ4v) is 3.60. The van der Waals surface area contributed by atoms with E-state index >= 15 is 0 Å². The number of fused-ring (bicyclic) bond motifs is 1. The van der Waals surface area contributed by atoms with Crippen LogP contribution >= 0.6 is 0 Å². The second kappa shape index (κ2) is 6.33. The number of hydrogen-bond donors (Lipinski definition) is 1. The highest BCUT2D eigenvalue weighted by molar-refractivity contribution is 5.98. The van der Waals surface area contributed by atoms with Crippen molar-refractivity contribution in [2.24, 2.45) is 0 Å². The molecule has 2 atom stereocenters. The van der Waals surface area contributed by atoms with Crippen molar-refractivity contribution >= 4 is 5.91 Å². The molecule has 0 bridgehead atoms. The number of carbonyl (C=O) groups excluding carboxylic acids is 1. The van der Waals surface area contributed by atoms with Crippen LogP contribution in [0.5, 0.6) is 0 Å². The maximum atomic E-state index is 13.1. The number of aromatic amines is 1. The quantitative estimate of drug-likeness (QED) is 0.891. The van der Waals surface area contributed by atoms with Crippen molar-refractivity contribution in [1.82, 2.24) is 25.2 Å². The number of hydrogen-bond acceptors (Lipinski definition) is 5. The van der Waals surface area contributed by atoms with E-state index in [0.717, 1.165) is 25.1 Å². The van der Waals surface area contributed by atoms with Crippen LogP contribution < -0.4 is 0 Å². The molecule has 2 fully saturated rings. The molecular weight excluding hydrogens is 306 g/mol. The second-order valence-corrected chi connectivity index (χ2v) is 6.41. The Kier molecular flexibility index (Phi) is 4.03. The molecule has 7 nitrogen and oxygen atoms in total. The third-order valence-corrected chi connectivity index (χ3v) is 4.85. The van der Waals surface area contributed by atoms with Crippen molar-refractivity contribution in [1.29, 1.82) is 0 Å². The van der Waals surface area contributed by atoms with Gasteiger partial charge in [0.05, 0.1) is 18.8 Å². The van der Waals surface area contributed by atoms with Gasteiger partial charge in [-0.15, -0.1) is 0 Å². The van der Waals surface area contributed by atoms with Gasteiger partial charge in [0.25, 0.3) is 5.91 Å². The van der Waals surface area contributed by atoms with Crippen molar-refractivity contribution in [2.75, 3.05) is 33.3 Å². The fourth-order valence-electron chi connectivity index (χ4n) is 3.60.